The van der Waals surface area contributed by atoms with Crippen LogP contribution in [0.4, 0.5) is 0 Å². The Hall–Kier alpha value is -0.370. The van der Waals surface area contributed by atoms with E-state index in [9.17, 15) is 4.79 Å². The first-order chi connectivity index (χ1) is 6.38. The molecule has 2 atom stereocenters. The molecule has 0 heterocycles. The van der Waals surface area contributed by atoms with Crippen LogP contribution >= 0.6 is 0 Å². The maximum Gasteiger partial charge on any atom is 0.136 e. The summed E-state index contributed by atoms with van der Waals surface area (Å²) in [4.78, 5) is 11.8. The van der Waals surface area contributed by atoms with Gasteiger partial charge in [0.15, 0.2) is 0 Å². The maximum absolute atomic E-state index is 11.8. The molecule has 0 aliphatic heterocycles. The lowest BCUT2D eigenvalue weighted by Gasteiger charge is -2.18. The Morgan fingerprint density at radius 1 is 1.36 bits per heavy atom. The standard InChI is InChI=1S/C12H23NO/c1-12(2,3)7-6-11(14)9-4-5-10(13)8-9/h9-10H,4-8,13H2,1-3H3. The SMILES string of the molecule is CC(C)(C)CCC(=O)C1CCC(N)C1. The Kier molecular flexibility index (Phi) is 3.71. The minimum Gasteiger partial charge on any atom is -0.328 e. The van der Waals surface area contributed by atoms with Gasteiger partial charge < -0.3 is 5.73 Å². The molecule has 2 unspecified atom stereocenters. The highest BCUT2D eigenvalue weighted by Crippen LogP contribution is 2.28. The van der Waals surface area contributed by atoms with Crippen LogP contribution in [0, 0.1) is 11.3 Å². The van der Waals surface area contributed by atoms with E-state index < -0.39 is 0 Å². The Labute approximate surface area is 87.2 Å². The average molecular weight is 197 g/mol. The number of ketones is 1. The van der Waals surface area contributed by atoms with Crippen molar-refractivity contribution in [3.63, 3.8) is 0 Å². The molecule has 0 saturated heterocycles. The van der Waals surface area contributed by atoms with Gasteiger partial charge in [0.05, 0.1) is 0 Å². The third-order valence-electron chi connectivity index (χ3n) is 3.05. The van der Waals surface area contributed by atoms with Crippen molar-refractivity contribution in [3.8, 4) is 0 Å². The number of hydrogen-bond donors (Lipinski definition) is 1. The van der Waals surface area contributed by atoms with Gasteiger partial charge in [-0.2, -0.15) is 0 Å². The van der Waals surface area contributed by atoms with Gasteiger partial charge in [-0.05, 0) is 31.1 Å². The second-order valence-electron chi connectivity index (χ2n) is 5.80. The molecule has 1 fully saturated rings. The van der Waals surface area contributed by atoms with Crippen molar-refractivity contribution >= 4 is 5.78 Å². The van der Waals surface area contributed by atoms with Gasteiger partial charge in [0.25, 0.3) is 0 Å². The van der Waals surface area contributed by atoms with Crippen molar-refractivity contribution in [3.05, 3.63) is 0 Å². The number of rotatable bonds is 3. The zero-order valence-corrected chi connectivity index (χ0v) is 9.68. The molecule has 2 nitrogen and oxygen atoms in total. The smallest absolute Gasteiger partial charge is 0.136 e. The molecule has 0 spiro atoms. The van der Waals surface area contributed by atoms with E-state index in [-0.39, 0.29) is 17.4 Å². The second kappa shape index (κ2) is 4.43. The number of carbonyl (C=O) groups is 1. The van der Waals surface area contributed by atoms with E-state index in [4.69, 9.17) is 5.73 Å². The fourth-order valence-electron chi connectivity index (χ4n) is 2.01. The first-order valence-corrected chi connectivity index (χ1v) is 5.67. The lowest BCUT2D eigenvalue weighted by Crippen LogP contribution is -2.19. The second-order valence-corrected chi connectivity index (χ2v) is 5.80. The molecule has 2 N–H and O–H groups in total. The molecule has 14 heavy (non-hydrogen) atoms. The highest BCUT2D eigenvalue weighted by atomic mass is 16.1. The molecule has 1 saturated carbocycles. The maximum atomic E-state index is 11.8. The highest BCUT2D eigenvalue weighted by molar-refractivity contribution is 5.81. The summed E-state index contributed by atoms with van der Waals surface area (Å²) in [5.41, 5.74) is 6.07. The van der Waals surface area contributed by atoms with Crippen molar-refractivity contribution in [1.29, 1.82) is 0 Å². The van der Waals surface area contributed by atoms with E-state index in [0.29, 0.717) is 5.78 Å². The Bertz CT molecular complexity index is 205. The van der Waals surface area contributed by atoms with Gasteiger partial charge in [-0.1, -0.05) is 20.8 Å². The Morgan fingerprint density at radius 2 is 2.00 bits per heavy atom. The van der Waals surface area contributed by atoms with Crippen molar-refractivity contribution in [2.24, 2.45) is 17.1 Å². The van der Waals surface area contributed by atoms with E-state index in [1.807, 2.05) is 0 Å². The van der Waals surface area contributed by atoms with Crippen LogP contribution in [0.5, 0.6) is 0 Å². The molecule has 2 heteroatoms. The van der Waals surface area contributed by atoms with Gasteiger partial charge in [0.1, 0.15) is 5.78 Å². The highest BCUT2D eigenvalue weighted by Gasteiger charge is 2.27. The lowest BCUT2D eigenvalue weighted by atomic mass is 9.87. The predicted molar refractivity (Wildman–Crippen MR) is 59.0 cm³/mol. The van der Waals surface area contributed by atoms with E-state index >= 15 is 0 Å². The number of carbonyl (C=O) groups excluding carboxylic acids is 1. The molecule has 0 radical (unpaired) electrons. The van der Waals surface area contributed by atoms with Crippen LogP contribution in [0.1, 0.15) is 52.9 Å². The van der Waals surface area contributed by atoms with Crippen LogP contribution in [0.2, 0.25) is 0 Å². The first-order valence-electron chi connectivity index (χ1n) is 5.67. The molecule has 0 aromatic rings. The van der Waals surface area contributed by atoms with Crippen LogP contribution in [-0.4, -0.2) is 11.8 Å². The summed E-state index contributed by atoms with van der Waals surface area (Å²) in [6, 6.07) is 0.276. The van der Waals surface area contributed by atoms with Gasteiger partial charge in [-0.15, -0.1) is 0 Å². The van der Waals surface area contributed by atoms with Gasteiger partial charge >= 0.3 is 0 Å². The van der Waals surface area contributed by atoms with Crippen LogP contribution in [0.3, 0.4) is 0 Å². The molecular weight excluding hydrogens is 174 g/mol. The topological polar surface area (TPSA) is 43.1 Å². The summed E-state index contributed by atoms with van der Waals surface area (Å²) in [6.07, 6.45) is 4.71. The molecular formula is C12H23NO. The summed E-state index contributed by atoms with van der Waals surface area (Å²) < 4.78 is 0. The number of Topliss-reactive ketones (excluding diaryl/α,β-unsaturated/α-hetero) is 1. The lowest BCUT2D eigenvalue weighted by molar-refractivity contribution is -0.123. The Balaban J connectivity index is 2.29. The quantitative estimate of drug-likeness (QED) is 0.755. The largest absolute Gasteiger partial charge is 0.328 e. The third kappa shape index (κ3) is 3.79. The molecule has 0 aromatic carbocycles. The monoisotopic (exact) mass is 197 g/mol. The zero-order valence-electron chi connectivity index (χ0n) is 9.68. The van der Waals surface area contributed by atoms with E-state index in [1.165, 1.54) is 0 Å². The van der Waals surface area contributed by atoms with E-state index in [2.05, 4.69) is 20.8 Å². The summed E-state index contributed by atoms with van der Waals surface area (Å²) in [5.74, 6) is 0.709. The van der Waals surface area contributed by atoms with Gasteiger partial charge in [-0.25, -0.2) is 0 Å². The zero-order chi connectivity index (χ0) is 10.8. The molecule has 1 aliphatic carbocycles. The van der Waals surface area contributed by atoms with Gasteiger partial charge in [0, 0.05) is 18.4 Å². The summed E-state index contributed by atoms with van der Waals surface area (Å²) in [7, 11) is 0. The average Bonchev–Trinajstić information content (AvgIpc) is 2.46. The fourth-order valence-corrected chi connectivity index (χ4v) is 2.01. The summed E-state index contributed by atoms with van der Waals surface area (Å²) in [5, 5.41) is 0. The summed E-state index contributed by atoms with van der Waals surface area (Å²) in [6.45, 7) is 6.54. The van der Waals surface area contributed by atoms with Gasteiger partial charge in [0.2, 0.25) is 0 Å². The fraction of sp³-hybridized carbons (Fsp3) is 0.917. The van der Waals surface area contributed by atoms with Crippen molar-refractivity contribution < 1.29 is 4.79 Å². The molecule has 82 valence electrons. The minimum atomic E-state index is 0.271. The summed E-state index contributed by atoms with van der Waals surface area (Å²) >= 11 is 0. The Morgan fingerprint density at radius 3 is 2.43 bits per heavy atom. The molecule has 0 amide bonds. The predicted octanol–water partition coefficient (Wildman–Crippen LogP) is 2.51. The normalized spacial score (nSPS) is 28.0. The first kappa shape index (κ1) is 11.7. The minimum absolute atomic E-state index is 0.271. The third-order valence-corrected chi connectivity index (χ3v) is 3.05. The van der Waals surface area contributed by atoms with Crippen LogP contribution in [-0.2, 0) is 4.79 Å². The van der Waals surface area contributed by atoms with Crippen LogP contribution in [0.15, 0.2) is 0 Å². The molecule has 0 aromatic heterocycles. The van der Waals surface area contributed by atoms with Crippen molar-refractivity contribution in [2.45, 2.75) is 58.9 Å². The van der Waals surface area contributed by atoms with E-state index in [0.717, 1.165) is 32.1 Å². The van der Waals surface area contributed by atoms with Crippen LogP contribution in [0.25, 0.3) is 0 Å². The molecule has 1 aliphatic rings. The number of nitrogens with two attached hydrogens (primary N) is 1. The van der Waals surface area contributed by atoms with Crippen molar-refractivity contribution in [1.82, 2.24) is 0 Å². The van der Waals surface area contributed by atoms with Crippen LogP contribution < -0.4 is 5.73 Å². The molecule has 1 rings (SSSR count). The van der Waals surface area contributed by atoms with Crippen molar-refractivity contribution in [2.75, 3.05) is 0 Å². The molecule has 0 bridgehead atoms. The van der Waals surface area contributed by atoms with Gasteiger partial charge in [-0.3, -0.25) is 4.79 Å². The van der Waals surface area contributed by atoms with E-state index in [1.54, 1.807) is 0 Å². The number of hydrogen-bond acceptors (Lipinski definition) is 2.